The second-order valence-corrected chi connectivity index (χ2v) is 6.03. The fourth-order valence-corrected chi connectivity index (χ4v) is 3.00. The molecule has 1 aliphatic heterocycles. The average Bonchev–Trinajstić information content (AvgIpc) is 2.83. The molecule has 0 saturated carbocycles. The second-order valence-electron chi connectivity index (χ2n) is 5.22. The van der Waals surface area contributed by atoms with E-state index in [9.17, 15) is 31.1 Å². The van der Waals surface area contributed by atoms with Gasteiger partial charge in [-0.2, -0.15) is 26.3 Å². The molecule has 0 amide bonds. The predicted octanol–water partition coefficient (Wildman–Crippen LogP) is 4.00. The molecule has 13 heteroatoms. The smallest absolute Gasteiger partial charge is 0.433 e. The van der Waals surface area contributed by atoms with E-state index in [0.29, 0.717) is 17.1 Å². The fourth-order valence-electron chi connectivity index (χ4n) is 2.33. The number of ether oxygens (including phenoxy) is 1. The van der Waals surface area contributed by atoms with E-state index in [1.54, 1.807) is 0 Å². The number of alkyl halides is 6. The van der Waals surface area contributed by atoms with Crippen molar-refractivity contribution < 1.29 is 35.9 Å². The number of nitrogens with two attached hydrogens (primary N) is 1. The standard InChI is InChI=1S/C14H11Cl2F6N3O2/c1-2-27-12(26)8-10(14(20,21)22)24-25(11(8)23)9-6(15)3-5(4-7(9)16)13(17,18)19/h3-4,11,24H,2,23H2,1H3. The molecule has 1 aliphatic rings. The maximum Gasteiger partial charge on any atom is 0.433 e. The summed E-state index contributed by atoms with van der Waals surface area (Å²) >= 11 is 11.6. The Balaban J connectivity index is 2.53. The van der Waals surface area contributed by atoms with Crippen molar-refractivity contribution in [1.29, 1.82) is 0 Å². The lowest BCUT2D eigenvalue weighted by Crippen LogP contribution is -2.46. The lowest BCUT2D eigenvalue weighted by Gasteiger charge is -2.27. The molecular weight excluding hydrogens is 427 g/mol. The van der Waals surface area contributed by atoms with Crippen LogP contribution in [0, 0.1) is 0 Å². The van der Waals surface area contributed by atoms with Crippen LogP contribution in [-0.4, -0.2) is 24.9 Å². The number of halogens is 8. The third-order valence-electron chi connectivity index (χ3n) is 3.44. The van der Waals surface area contributed by atoms with Crippen LogP contribution in [0.2, 0.25) is 10.0 Å². The monoisotopic (exact) mass is 437 g/mol. The van der Waals surface area contributed by atoms with Crippen molar-refractivity contribution in [3.05, 3.63) is 39.0 Å². The molecule has 3 N–H and O–H groups in total. The van der Waals surface area contributed by atoms with E-state index in [2.05, 4.69) is 4.74 Å². The quantitative estimate of drug-likeness (QED) is 0.552. The Morgan fingerprint density at radius 1 is 1.19 bits per heavy atom. The summed E-state index contributed by atoms with van der Waals surface area (Å²) in [4.78, 5) is 11.9. The van der Waals surface area contributed by atoms with Gasteiger partial charge in [0.15, 0.2) is 0 Å². The third-order valence-corrected chi connectivity index (χ3v) is 4.02. The summed E-state index contributed by atoms with van der Waals surface area (Å²) in [6, 6.07) is 0.958. The van der Waals surface area contributed by atoms with Crippen LogP contribution < -0.4 is 16.2 Å². The number of hydrazine groups is 1. The highest BCUT2D eigenvalue weighted by molar-refractivity contribution is 6.39. The summed E-state index contributed by atoms with van der Waals surface area (Å²) < 4.78 is 82.8. The SMILES string of the molecule is CCOC(=O)C1=C(C(F)(F)F)NN(c2c(Cl)cc(C(F)(F)F)cc2Cl)C1N. The Kier molecular flexibility index (Phi) is 5.79. The van der Waals surface area contributed by atoms with Gasteiger partial charge in [0.25, 0.3) is 0 Å². The van der Waals surface area contributed by atoms with E-state index < -0.39 is 57.1 Å². The number of carbonyl (C=O) groups is 1. The van der Waals surface area contributed by atoms with Gasteiger partial charge in [0, 0.05) is 0 Å². The van der Waals surface area contributed by atoms with Crippen LogP contribution in [0.3, 0.4) is 0 Å². The highest BCUT2D eigenvalue weighted by Gasteiger charge is 2.48. The molecule has 150 valence electrons. The van der Waals surface area contributed by atoms with Gasteiger partial charge < -0.3 is 10.5 Å². The minimum Gasteiger partial charge on any atom is -0.462 e. The molecule has 1 aromatic rings. The molecule has 1 heterocycles. The Hall–Kier alpha value is -1.85. The van der Waals surface area contributed by atoms with Crippen LogP contribution in [0.4, 0.5) is 32.0 Å². The van der Waals surface area contributed by atoms with Crippen molar-refractivity contribution >= 4 is 34.9 Å². The molecule has 1 unspecified atom stereocenters. The number of anilines is 1. The van der Waals surface area contributed by atoms with E-state index in [0.717, 1.165) is 0 Å². The predicted molar refractivity (Wildman–Crippen MR) is 84.8 cm³/mol. The van der Waals surface area contributed by atoms with Crippen molar-refractivity contribution in [3.63, 3.8) is 0 Å². The number of nitrogens with one attached hydrogen (secondary N) is 1. The molecular formula is C14H11Cl2F6N3O2. The van der Waals surface area contributed by atoms with Gasteiger partial charge >= 0.3 is 18.3 Å². The summed E-state index contributed by atoms with van der Waals surface area (Å²) in [6.07, 6.45) is -11.6. The molecule has 27 heavy (non-hydrogen) atoms. The van der Waals surface area contributed by atoms with Crippen molar-refractivity contribution in [2.75, 3.05) is 11.6 Å². The molecule has 0 aliphatic carbocycles. The zero-order valence-corrected chi connectivity index (χ0v) is 14.8. The zero-order chi connectivity index (χ0) is 20.7. The number of benzene rings is 1. The van der Waals surface area contributed by atoms with Crippen molar-refractivity contribution in [3.8, 4) is 0 Å². The summed E-state index contributed by atoms with van der Waals surface area (Å²) in [5.41, 5.74) is 3.39. The number of nitrogens with zero attached hydrogens (tertiary/aromatic N) is 1. The maximum atomic E-state index is 13.3. The van der Waals surface area contributed by atoms with Crippen molar-refractivity contribution in [2.45, 2.75) is 25.4 Å². The molecule has 0 spiro atoms. The third kappa shape index (κ3) is 4.19. The van der Waals surface area contributed by atoms with E-state index in [-0.39, 0.29) is 6.61 Å². The highest BCUT2D eigenvalue weighted by Crippen LogP contribution is 2.43. The molecule has 0 radical (unpaired) electrons. The van der Waals surface area contributed by atoms with Crippen LogP contribution in [0.5, 0.6) is 0 Å². The van der Waals surface area contributed by atoms with E-state index in [1.807, 2.05) is 5.43 Å². The van der Waals surface area contributed by atoms with E-state index in [1.165, 1.54) is 6.92 Å². The van der Waals surface area contributed by atoms with Crippen molar-refractivity contribution in [1.82, 2.24) is 5.43 Å². The number of esters is 1. The first kappa shape index (κ1) is 21.5. The molecule has 0 bridgehead atoms. The second kappa shape index (κ2) is 7.28. The van der Waals surface area contributed by atoms with Crippen molar-refractivity contribution in [2.24, 2.45) is 5.73 Å². The first-order chi connectivity index (χ1) is 12.3. The fraction of sp³-hybridized carbons (Fsp3) is 0.357. The van der Waals surface area contributed by atoms with Crippen LogP contribution >= 0.6 is 23.2 Å². The minimum atomic E-state index is -5.03. The average molecular weight is 438 g/mol. The molecule has 0 fully saturated rings. The van der Waals surface area contributed by atoms with Crippen LogP contribution in [0.25, 0.3) is 0 Å². The first-order valence-electron chi connectivity index (χ1n) is 7.15. The Morgan fingerprint density at radius 3 is 2.11 bits per heavy atom. The minimum absolute atomic E-state index is 0.220. The number of rotatable bonds is 3. The molecule has 0 saturated heterocycles. The van der Waals surface area contributed by atoms with Crippen LogP contribution in [0.1, 0.15) is 12.5 Å². The Bertz CT molecular complexity index is 771. The van der Waals surface area contributed by atoms with Crippen LogP contribution in [-0.2, 0) is 15.7 Å². The normalized spacial score (nSPS) is 18.0. The first-order valence-corrected chi connectivity index (χ1v) is 7.90. The number of hydrogen-bond donors (Lipinski definition) is 2. The van der Waals surface area contributed by atoms with E-state index >= 15 is 0 Å². The van der Waals surface area contributed by atoms with Gasteiger partial charge in [0.05, 0.1) is 27.9 Å². The highest BCUT2D eigenvalue weighted by atomic mass is 35.5. The van der Waals surface area contributed by atoms with Gasteiger partial charge in [0.2, 0.25) is 0 Å². The molecule has 0 aromatic heterocycles. The number of allylic oxidation sites excluding steroid dienone is 1. The molecule has 1 aromatic carbocycles. The van der Waals surface area contributed by atoms with Gasteiger partial charge in [-0.15, -0.1) is 0 Å². The molecule has 5 nitrogen and oxygen atoms in total. The lowest BCUT2D eigenvalue weighted by molar-refractivity contribution is -0.140. The van der Waals surface area contributed by atoms with Gasteiger partial charge in [-0.25, -0.2) is 4.79 Å². The number of carbonyl (C=O) groups excluding carboxylic acids is 1. The topological polar surface area (TPSA) is 67.6 Å². The largest absolute Gasteiger partial charge is 0.462 e. The maximum absolute atomic E-state index is 13.3. The summed E-state index contributed by atoms with van der Waals surface area (Å²) in [5.74, 6) is -1.34. The number of hydrogen-bond acceptors (Lipinski definition) is 5. The molecule has 2 rings (SSSR count). The van der Waals surface area contributed by atoms with Gasteiger partial charge in [-0.3, -0.25) is 10.4 Å². The van der Waals surface area contributed by atoms with E-state index in [4.69, 9.17) is 28.9 Å². The Labute approximate surface area is 158 Å². The lowest BCUT2D eigenvalue weighted by atomic mass is 10.1. The molecule has 1 atom stereocenters. The summed E-state index contributed by atoms with van der Waals surface area (Å²) in [7, 11) is 0. The van der Waals surface area contributed by atoms with Gasteiger partial charge in [0.1, 0.15) is 17.4 Å². The van der Waals surface area contributed by atoms with Gasteiger partial charge in [-0.1, -0.05) is 23.2 Å². The Morgan fingerprint density at radius 2 is 1.70 bits per heavy atom. The zero-order valence-electron chi connectivity index (χ0n) is 13.3. The van der Waals surface area contributed by atoms with Gasteiger partial charge in [-0.05, 0) is 19.1 Å². The summed E-state index contributed by atoms with van der Waals surface area (Å²) in [6.45, 7) is 1.16. The van der Waals surface area contributed by atoms with Crippen LogP contribution in [0.15, 0.2) is 23.4 Å². The summed E-state index contributed by atoms with van der Waals surface area (Å²) in [5, 5.41) is -0.686.